The first-order chi connectivity index (χ1) is 14.6. The smallest absolute Gasteiger partial charge is 0.361 e. The van der Waals surface area contributed by atoms with Gasteiger partial charge in [-0.05, 0) is 43.3 Å². The Balaban J connectivity index is 1.60. The van der Waals surface area contributed by atoms with E-state index in [1.54, 1.807) is 31.2 Å². The molecular formula is C23H24N4O4. The van der Waals surface area contributed by atoms with Gasteiger partial charge in [0, 0.05) is 16.7 Å². The predicted octanol–water partition coefficient (Wildman–Crippen LogP) is 3.60. The van der Waals surface area contributed by atoms with Gasteiger partial charge in [0.2, 0.25) is 5.91 Å². The number of aryl methyl sites for hydroxylation is 1. The lowest BCUT2D eigenvalue weighted by Gasteiger charge is -2.17. The maximum atomic E-state index is 12.4. The molecule has 8 nitrogen and oxygen atoms in total. The molecule has 1 amide bonds. The number of Topliss-reactive ketones (excluding diaryl/α,β-unsaturated/α-hetero) is 1. The molecule has 0 aliphatic rings. The fourth-order valence-corrected chi connectivity index (χ4v) is 2.59. The lowest BCUT2D eigenvalue weighted by atomic mass is 9.95. The second-order valence-corrected chi connectivity index (χ2v) is 8.04. The topological polar surface area (TPSA) is 103 Å². The summed E-state index contributed by atoms with van der Waals surface area (Å²) in [6, 6.07) is 15.6. The SMILES string of the molecule is Cc1nn(-c2ccccc2)nc1C(=O)OCC(=O)c1ccc(NC(=O)C(C)(C)C)cc1. The van der Waals surface area contributed by atoms with Gasteiger partial charge >= 0.3 is 5.97 Å². The minimum absolute atomic E-state index is 0.0527. The summed E-state index contributed by atoms with van der Waals surface area (Å²) >= 11 is 0. The number of benzene rings is 2. The first-order valence-corrected chi connectivity index (χ1v) is 9.76. The molecular weight excluding hydrogens is 396 g/mol. The zero-order chi connectivity index (χ0) is 22.6. The number of para-hydroxylation sites is 1. The van der Waals surface area contributed by atoms with Crippen LogP contribution in [0.4, 0.5) is 5.69 Å². The fourth-order valence-electron chi connectivity index (χ4n) is 2.59. The van der Waals surface area contributed by atoms with E-state index in [0.717, 1.165) is 0 Å². The van der Waals surface area contributed by atoms with E-state index in [0.29, 0.717) is 22.6 Å². The Morgan fingerprint density at radius 3 is 2.23 bits per heavy atom. The van der Waals surface area contributed by atoms with Gasteiger partial charge in [-0.2, -0.15) is 9.90 Å². The molecule has 0 saturated heterocycles. The number of ether oxygens (including phenoxy) is 1. The summed E-state index contributed by atoms with van der Waals surface area (Å²) in [5, 5.41) is 11.2. The van der Waals surface area contributed by atoms with Crippen LogP contribution in [0.15, 0.2) is 54.6 Å². The third-order valence-corrected chi connectivity index (χ3v) is 4.44. The Bertz CT molecular complexity index is 1100. The molecule has 0 bridgehead atoms. The average Bonchev–Trinajstić information content (AvgIpc) is 3.14. The van der Waals surface area contributed by atoms with E-state index in [4.69, 9.17) is 4.74 Å². The third kappa shape index (κ3) is 5.42. The third-order valence-electron chi connectivity index (χ3n) is 4.44. The van der Waals surface area contributed by atoms with Gasteiger partial charge in [-0.1, -0.05) is 39.0 Å². The highest BCUT2D eigenvalue weighted by Crippen LogP contribution is 2.18. The number of carbonyl (C=O) groups excluding carboxylic acids is 3. The van der Waals surface area contributed by atoms with Gasteiger partial charge in [0.1, 0.15) is 0 Å². The maximum Gasteiger partial charge on any atom is 0.361 e. The van der Waals surface area contributed by atoms with Crippen molar-refractivity contribution in [1.29, 1.82) is 0 Å². The van der Waals surface area contributed by atoms with Crippen LogP contribution in [0.2, 0.25) is 0 Å². The Labute approximate surface area is 180 Å². The number of hydrogen-bond acceptors (Lipinski definition) is 6. The zero-order valence-electron chi connectivity index (χ0n) is 17.9. The van der Waals surface area contributed by atoms with Crippen molar-refractivity contribution in [2.45, 2.75) is 27.7 Å². The molecule has 3 rings (SSSR count). The molecule has 0 aliphatic carbocycles. The molecule has 3 aromatic rings. The van der Waals surface area contributed by atoms with Crippen molar-refractivity contribution < 1.29 is 19.1 Å². The molecule has 2 aromatic carbocycles. The number of nitrogens with zero attached hydrogens (tertiary/aromatic N) is 3. The van der Waals surface area contributed by atoms with Gasteiger partial charge in [-0.15, -0.1) is 5.10 Å². The summed E-state index contributed by atoms with van der Waals surface area (Å²) in [7, 11) is 0. The van der Waals surface area contributed by atoms with E-state index < -0.39 is 18.0 Å². The van der Waals surface area contributed by atoms with Crippen LogP contribution in [0.3, 0.4) is 0 Å². The Morgan fingerprint density at radius 2 is 1.61 bits per heavy atom. The lowest BCUT2D eigenvalue weighted by molar-refractivity contribution is -0.123. The normalized spacial score (nSPS) is 11.1. The van der Waals surface area contributed by atoms with Crippen LogP contribution in [0.25, 0.3) is 5.69 Å². The molecule has 0 unspecified atom stereocenters. The number of ketones is 1. The van der Waals surface area contributed by atoms with Crippen molar-refractivity contribution in [3.8, 4) is 5.69 Å². The molecule has 0 spiro atoms. The average molecular weight is 420 g/mol. The van der Waals surface area contributed by atoms with E-state index >= 15 is 0 Å². The van der Waals surface area contributed by atoms with Gasteiger partial charge in [0.05, 0.1) is 11.4 Å². The van der Waals surface area contributed by atoms with Crippen molar-refractivity contribution in [1.82, 2.24) is 15.0 Å². The minimum Gasteiger partial charge on any atom is -0.452 e. The zero-order valence-corrected chi connectivity index (χ0v) is 17.9. The van der Waals surface area contributed by atoms with Crippen LogP contribution in [0.1, 0.15) is 47.3 Å². The summed E-state index contributed by atoms with van der Waals surface area (Å²) in [5.41, 5.74) is 1.59. The highest BCUT2D eigenvalue weighted by molar-refractivity contribution is 6.00. The molecule has 0 aliphatic heterocycles. The number of aromatic nitrogens is 3. The molecule has 0 radical (unpaired) electrons. The predicted molar refractivity (Wildman–Crippen MR) is 115 cm³/mol. The first kappa shape index (κ1) is 21.9. The highest BCUT2D eigenvalue weighted by Gasteiger charge is 2.22. The summed E-state index contributed by atoms with van der Waals surface area (Å²) in [6.07, 6.45) is 0. The summed E-state index contributed by atoms with van der Waals surface area (Å²) in [6.45, 7) is 6.66. The molecule has 1 N–H and O–H groups in total. The second-order valence-electron chi connectivity index (χ2n) is 8.04. The number of nitrogens with one attached hydrogen (secondary N) is 1. The summed E-state index contributed by atoms with van der Waals surface area (Å²) in [5.74, 6) is -1.21. The van der Waals surface area contributed by atoms with Gasteiger partial charge < -0.3 is 10.1 Å². The Hall–Kier alpha value is -3.81. The van der Waals surface area contributed by atoms with Gasteiger partial charge in [0.25, 0.3) is 0 Å². The van der Waals surface area contributed by atoms with Crippen molar-refractivity contribution >= 4 is 23.3 Å². The van der Waals surface area contributed by atoms with Crippen LogP contribution in [0.5, 0.6) is 0 Å². The van der Waals surface area contributed by atoms with Crippen molar-refractivity contribution in [3.63, 3.8) is 0 Å². The van der Waals surface area contributed by atoms with Crippen LogP contribution in [-0.4, -0.2) is 39.3 Å². The quantitative estimate of drug-likeness (QED) is 0.483. The number of esters is 1. The molecule has 160 valence electrons. The van der Waals surface area contributed by atoms with Crippen LogP contribution >= 0.6 is 0 Å². The summed E-state index contributed by atoms with van der Waals surface area (Å²) in [4.78, 5) is 38.1. The molecule has 0 saturated carbocycles. The van der Waals surface area contributed by atoms with Crippen molar-refractivity contribution in [2.24, 2.45) is 5.41 Å². The Morgan fingerprint density at radius 1 is 0.968 bits per heavy atom. The fraction of sp³-hybridized carbons (Fsp3) is 0.261. The Kier molecular flexibility index (Phi) is 6.29. The van der Waals surface area contributed by atoms with E-state index in [9.17, 15) is 14.4 Å². The molecule has 1 heterocycles. The van der Waals surface area contributed by atoms with Crippen molar-refractivity contribution in [2.75, 3.05) is 11.9 Å². The number of amides is 1. The lowest BCUT2D eigenvalue weighted by Crippen LogP contribution is -2.27. The number of anilines is 1. The molecule has 1 aromatic heterocycles. The van der Waals surface area contributed by atoms with Crippen molar-refractivity contribution in [3.05, 3.63) is 71.5 Å². The van der Waals surface area contributed by atoms with Gasteiger partial charge in [0.15, 0.2) is 18.1 Å². The summed E-state index contributed by atoms with van der Waals surface area (Å²) < 4.78 is 5.14. The number of carbonyl (C=O) groups is 3. The van der Waals surface area contributed by atoms with E-state index in [2.05, 4.69) is 15.5 Å². The van der Waals surface area contributed by atoms with Gasteiger partial charge in [-0.3, -0.25) is 9.59 Å². The second kappa shape index (κ2) is 8.91. The monoisotopic (exact) mass is 420 g/mol. The molecule has 8 heteroatoms. The molecule has 0 atom stereocenters. The number of rotatable bonds is 6. The van der Waals surface area contributed by atoms with Crippen LogP contribution in [0, 0.1) is 12.3 Å². The highest BCUT2D eigenvalue weighted by atomic mass is 16.5. The van der Waals surface area contributed by atoms with E-state index in [1.807, 2.05) is 51.1 Å². The van der Waals surface area contributed by atoms with E-state index in [1.165, 1.54) is 4.80 Å². The molecule has 0 fully saturated rings. The maximum absolute atomic E-state index is 12.4. The first-order valence-electron chi connectivity index (χ1n) is 9.76. The van der Waals surface area contributed by atoms with Gasteiger partial charge in [-0.25, -0.2) is 4.79 Å². The largest absolute Gasteiger partial charge is 0.452 e. The standard InChI is InChI=1S/C23H24N4O4/c1-15-20(26-27(25-15)18-8-6-5-7-9-18)21(29)31-14-19(28)16-10-12-17(13-11-16)24-22(30)23(2,3)4/h5-13H,14H2,1-4H3,(H,24,30). The van der Waals surface area contributed by atoms with Crippen LogP contribution in [-0.2, 0) is 9.53 Å². The molecule has 31 heavy (non-hydrogen) atoms. The number of hydrogen-bond donors (Lipinski definition) is 1. The van der Waals surface area contributed by atoms with E-state index in [-0.39, 0.29) is 17.4 Å². The van der Waals surface area contributed by atoms with Crippen LogP contribution < -0.4 is 5.32 Å². The minimum atomic E-state index is -0.720.